The summed E-state index contributed by atoms with van der Waals surface area (Å²) < 4.78 is 61.5. The van der Waals surface area contributed by atoms with Crippen LogP contribution in [0.15, 0.2) is 255 Å². The number of aromatic nitrogens is 3. The second kappa shape index (κ2) is 58.9. The minimum atomic E-state index is -3.76. The molecule has 4 unspecified atom stereocenters. The minimum absolute atomic E-state index is 0.0101. The van der Waals surface area contributed by atoms with Gasteiger partial charge in [0.25, 0.3) is 10.0 Å². The fraction of sp³-hybridized carbons (Fsp3) is 0.155. The molecule has 0 saturated heterocycles. The summed E-state index contributed by atoms with van der Waals surface area (Å²) in [5.74, 6) is -2.79. The molecule has 32 nitrogen and oxygen atoms in total. The third-order valence-electron chi connectivity index (χ3n) is 18.6. The van der Waals surface area contributed by atoms with Gasteiger partial charge in [0.05, 0.1) is 83.5 Å². The van der Waals surface area contributed by atoms with Gasteiger partial charge in [-0.25, -0.2) is 22.2 Å². The number of hydrogen-bond acceptors (Lipinski definition) is 29. The number of aliphatic hydroxyl groups is 3. The molecule has 0 radical (unpaired) electrons. The molecular formula is C97H90Br2Cl2F2N6O26S. The Kier molecular flexibility index (Phi) is 48.4. The van der Waals surface area contributed by atoms with Crippen molar-refractivity contribution in [3.8, 4) is 74.3 Å². The Hall–Kier alpha value is -14.8. The first kappa shape index (κ1) is 112. The minimum Gasteiger partial charge on any atom is -0.508 e. The van der Waals surface area contributed by atoms with Crippen molar-refractivity contribution in [1.82, 2.24) is 14.5 Å². The van der Waals surface area contributed by atoms with Gasteiger partial charge in [0, 0.05) is 111 Å². The number of benzene rings is 10. The number of aldehydes is 11. The summed E-state index contributed by atoms with van der Waals surface area (Å²) in [5.41, 5.74) is 4.86. The third kappa shape index (κ3) is 36.3. The Labute approximate surface area is 803 Å². The molecule has 15 rings (SSSR count). The number of nitrogens with zero attached hydrogens (tertiary/aromatic N) is 4. The molecule has 0 spiro atoms. The quantitative estimate of drug-likeness (QED) is 0.0235. The maximum Gasteiger partial charge on any atom is 0.263 e. The summed E-state index contributed by atoms with van der Waals surface area (Å²) in [5, 5.41) is 118. The van der Waals surface area contributed by atoms with E-state index in [1.165, 1.54) is 97.2 Å². The van der Waals surface area contributed by atoms with Gasteiger partial charge in [0.15, 0.2) is 61.8 Å². The molecule has 39 heteroatoms. The highest BCUT2D eigenvalue weighted by Gasteiger charge is 2.25. The van der Waals surface area contributed by atoms with E-state index in [9.17, 15) is 95.5 Å². The number of para-hydroxylation sites is 2. The lowest BCUT2D eigenvalue weighted by molar-refractivity contribution is -0.115. The molecule has 2 fully saturated rings. The van der Waals surface area contributed by atoms with Gasteiger partial charge < -0.3 is 89.9 Å². The number of sulfonamides is 1. The Balaban J connectivity index is 0.000000271. The standard InChI is InChI=1S/C18H14N4O4S.C13H8F2O2.C11H9NO2.C9H7NO.C9H10O3.C7H4Br2O2.C7H4Cl2O2.C7H6O4.C7H12O2.C6H10O2.C3H6O2/c23-12-13-4-5-15(11-17(13)24)21-20-14-6-8-16(9-7-14)27(25,26)22-18-3-1-2-10-19-18;14-10-2-3-11(12(15)6-10)8-1-4-13(17)9(5-8)7-16;13-8-9-7-10(3-4-11(9)14)12-5-1-2-6-12;11-6-7-5-10-9-4-2-1-3-8(7)9;1-2-12-8-5-3-4-7(6-10)9(8)11;2*8-5-1-4(3-10)7(11)6(9)2-5;8-3-5-6(10)1-4(9)2-7(5)11;8-5-6-3-1-2-4-7(6)9;7-4-5-2-1-3-6(5)8;4-2-1-3-5/h1-12,24H,(H,19,22);1-7,17H;1-8,14H;1-6,10H;3-6,11H,2H2,1H3;2*1-3,11H;1-3,9-11H;5-7,9H,1-4H2;4-6,8H,1-3H2;2,5H,1,3H2. The van der Waals surface area contributed by atoms with Gasteiger partial charge in [0.2, 0.25) is 0 Å². The molecule has 2 aliphatic carbocycles. The van der Waals surface area contributed by atoms with Crippen LogP contribution in [0.3, 0.4) is 0 Å². The zero-order valence-electron chi connectivity index (χ0n) is 71.7. The third-order valence-corrected chi connectivity index (χ3v) is 21.6. The number of azo groups is 1. The van der Waals surface area contributed by atoms with Crippen LogP contribution in [0.25, 0.3) is 27.7 Å². The number of carbonyl (C=O) groups is 11. The van der Waals surface area contributed by atoms with Gasteiger partial charge in [-0.3, -0.25) is 43.1 Å². The summed E-state index contributed by atoms with van der Waals surface area (Å²) >= 11 is 17.3. The van der Waals surface area contributed by atoms with Gasteiger partial charge in [0.1, 0.15) is 82.3 Å². The fourth-order valence-electron chi connectivity index (χ4n) is 11.6. The number of aromatic hydroxyl groups is 9. The first-order chi connectivity index (χ1) is 65.1. The number of fused-ring (bicyclic) bond motifs is 1. The van der Waals surface area contributed by atoms with Crippen LogP contribution in [0.4, 0.5) is 26.0 Å². The highest BCUT2D eigenvalue weighted by Crippen LogP contribution is 2.36. The predicted octanol–water partition coefficient (Wildman–Crippen LogP) is 19.1. The van der Waals surface area contributed by atoms with Crippen LogP contribution in [0, 0.1) is 23.5 Å². The lowest BCUT2D eigenvalue weighted by atomic mass is 9.88. The van der Waals surface area contributed by atoms with Crippen LogP contribution < -0.4 is 9.46 Å². The molecule has 0 amide bonds. The number of aliphatic hydroxyl groups excluding tert-OH is 3. The van der Waals surface area contributed by atoms with E-state index in [0.717, 1.165) is 115 Å². The maximum absolute atomic E-state index is 13.5. The lowest BCUT2D eigenvalue weighted by Crippen LogP contribution is -2.25. The number of phenolic OH excluding ortho intramolecular Hbond substituents is 9. The summed E-state index contributed by atoms with van der Waals surface area (Å²) in [6.45, 7) is 2.26. The Morgan fingerprint density at radius 1 is 0.522 bits per heavy atom. The Morgan fingerprint density at radius 2 is 1.10 bits per heavy atom. The zero-order chi connectivity index (χ0) is 100. The number of halogens is 6. The van der Waals surface area contributed by atoms with Crippen molar-refractivity contribution in [2.24, 2.45) is 22.1 Å². The number of hydrogen-bond donors (Lipinski definition) is 14. The highest BCUT2D eigenvalue weighted by atomic mass is 79.9. The normalized spacial score (nSPS) is 13.4. The van der Waals surface area contributed by atoms with Crippen molar-refractivity contribution in [2.75, 3.05) is 17.9 Å². The van der Waals surface area contributed by atoms with Gasteiger partial charge in [-0.05, 0) is 200 Å². The topological polar surface area (TPSA) is 544 Å². The summed E-state index contributed by atoms with van der Waals surface area (Å²) in [7, 11) is -3.76. The van der Waals surface area contributed by atoms with E-state index >= 15 is 0 Å². The second-order valence-corrected chi connectivity index (χ2v) is 32.3. The highest BCUT2D eigenvalue weighted by molar-refractivity contribution is 9.11. The molecule has 0 bridgehead atoms. The van der Waals surface area contributed by atoms with Crippen LogP contribution in [-0.4, -0.2) is 179 Å². The van der Waals surface area contributed by atoms with Gasteiger partial charge in [-0.15, -0.1) is 0 Å². The molecule has 3 heterocycles. The number of aromatic amines is 1. The van der Waals surface area contributed by atoms with Crippen LogP contribution >= 0.6 is 55.1 Å². The molecule has 2 saturated carbocycles. The molecular weight excluding hydrogens is 1970 g/mol. The summed E-state index contributed by atoms with van der Waals surface area (Å²) in [6.07, 6.45) is 20.0. The monoisotopic (exact) mass is 2050 g/mol. The fourth-order valence-corrected chi connectivity index (χ4v) is 14.4. The second-order valence-electron chi connectivity index (χ2n) is 28.0. The number of rotatable bonds is 21. The molecule has 4 atom stereocenters. The zero-order valence-corrected chi connectivity index (χ0v) is 77.2. The van der Waals surface area contributed by atoms with Crippen LogP contribution in [-0.2, 0) is 24.4 Å². The molecule has 10 aromatic carbocycles. The first-order valence-electron chi connectivity index (χ1n) is 40.2. The summed E-state index contributed by atoms with van der Waals surface area (Å²) in [6, 6.07) is 51.3. The molecule has 3 aromatic heterocycles. The van der Waals surface area contributed by atoms with Crippen LogP contribution in [0.5, 0.6) is 57.5 Å². The van der Waals surface area contributed by atoms with E-state index < -0.39 is 33.2 Å². The number of pyridine rings is 1. The van der Waals surface area contributed by atoms with Gasteiger partial charge in [-0.1, -0.05) is 94.8 Å². The molecule has 14 N–H and O–H groups in total. The van der Waals surface area contributed by atoms with Crippen molar-refractivity contribution in [2.45, 2.75) is 75.4 Å². The van der Waals surface area contributed by atoms with Crippen LogP contribution in [0.2, 0.25) is 10.0 Å². The van der Waals surface area contributed by atoms with Crippen molar-refractivity contribution >= 4 is 162 Å². The van der Waals surface area contributed by atoms with Gasteiger partial charge >= 0.3 is 0 Å². The van der Waals surface area contributed by atoms with Crippen molar-refractivity contribution in [3.63, 3.8) is 0 Å². The molecule has 2 aliphatic rings. The first-order valence-corrected chi connectivity index (χ1v) is 44.1. The smallest absolute Gasteiger partial charge is 0.263 e. The number of carbonyl (C=O) groups excluding carboxylic acids is 11. The van der Waals surface area contributed by atoms with Crippen LogP contribution in [0.1, 0.15) is 141 Å². The average molecular weight is 2060 g/mol. The van der Waals surface area contributed by atoms with E-state index in [2.05, 4.69) is 56.8 Å². The molecule has 136 heavy (non-hydrogen) atoms. The predicted molar refractivity (Wildman–Crippen MR) is 510 cm³/mol. The summed E-state index contributed by atoms with van der Waals surface area (Å²) in [4.78, 5) is 120. The molecule has 0 aliphatic heterocycles. The van der Waals surface area contributed by atoms with E-state index in [1.54, 1.807) is 60.8 Å². The number of nitrogens with one attached hydrogen (secondary N) is 2. The van der Waals surface area contributed by atoms with Crippen molar-refractivity contribution in [1.29, 1.82) is 0 Å². The number of anilines is 1. The number of ether oxygens (including phenoxy) is 1. The van der Waals surface area contributed by atoms with E-state index in [-0.39, 0.29) is 132 Å². The van der Waals surface area contributed by atoms with E-state index in [1.807, 2.05) is 60.3 Å². The average Bonchev–Trinajstić information content (AvgIpc) is 1.61. The molecule has 13 aromatic rings. The number of phenols is 9. The van der Waals surface area contributed by atoms with Crippen molar-refractivity contribution < 1.29 is 136 Å². The maximum atomic E-state index is 13.5. The largest absolute Gasteiger partial charge is 0.508 e. The van der Waals surface area contributed by atoms with E-state index in [0.29, 0.717) is 94.6 Å². The van der Waals surface area contributed by atoms with E-state index in [4.69, 9.17) is 63.7 Å². The number of H-pyrrole nitrogens is 1. The lowest BCUT2D eigenvalue weighted by Gasteiger charge is -2.22. The Bertz CT molecular complexity index is 6220. The molecule has 712 valence electrons. The Morgan fingerprint density at radius 3 is 1.63 bits per heavy atom. The van der Waals surface area contributed by atoms with Gasteiger partial charge in [-0.2, -0.15) is 10.2 Å². The van der Waals surface area contributed by atoms with Crippen molar-refractivity contribution in [3.05, 3.63) is 306 Å². The SMILES string of the molecule is CCOc1cccc(C=O)c1O.O=CC1CCCC1O.O=CC1CCCCC1O.O=CCCO.O=Cc1c(O)cc(O)cc1O.O=Cc1c[nH]c2ccccc12.O=Cc1cc(-c2ccc(F)cc2F)ccc1O.O=Cc1cc(-n2cccc2)ccc1O.O=Cc1cc(Br)cc(Br)c1O.O=Cc1cc(Cl)cc(Cl)c1O.O=Cc1ccc(N=Nc2ccc(S(=O)(=O)Nc3ccccn3)cc2)cc1O.